The first-order valence-corrected chi connectivity index (χ1v) is 6.35. The van der Waals surface area contributed by atoms with E-state index in [1.165, 1.54) is 12.3 Å². The number of rotatable bonds is 4. The van der Waals surface area contributed by atoms with Crippen LogP contribution in [-0.4, -0.2) is 29.8 Å². The molecule has 0 unspecified atom stereocenters. The van der Waals surface area contributed by atoms with Crippen LogP contribution in [0.5, 0.6) is 0 Å². The van der Waals surface area contributed by atoms with E-state index >= 15 is 0 Å². The van der Waals surface area contributed by atoms with Crippen LogP contribution in [0, 0.1) is 6.92 Å². The summed E-state index contributed by atoms with van der Waals surface area (Å²) in [7, 11) is 3.98. The SMILES string of the molecule is Cc1nccnc1C(=O)/C=C/c1ccc(N(C)C)cc1. The van der Waals surface area contributed by atoms with Gasteiger partial charge < -0.3 is 4.90 Å². The summed E-state index contributed by atoms with van der Waals surface area (Å²) < 4.78 is 0. The van der Waals surface area contributed by atoms with Gasteiger partial charge in [-0.2, -0.15) is 0 Å². The van der Waals surface area contributed by atoms with Gasteiger partial charge in [0.25, 0.3) is 0 Å². The summed E-state index contributed by atoms with van der Waals surface area (Å²) in [6, 6.07) is 7.97. The van der Waals surface area contributed by atoms with Gasteiger partial charge in [-0.25, -0.2) is 4.98 Å². The number of anilines is 1. The maximum absolute atomic E-state index is 12.0. The quantitative estimate of drug-likeness (QED) is 0.631. The number of hydrogen-bond acceptors (Lipinski definition) is 4. The van der Waals surface area contributed by atoms with Gasteiger partial charge in [-0.1, -0.05) is 18.2 Å². The van der Waals surface area contributed by atoms with Crippen molar-refractivity contribution in [1.29, 1.82) is 0 Å². The highest BCUT2D eigenvalue weighted by Crippen LogP contribution is 2.13. The molecule has 1 heterocycles. The molecule has 0 saturated carbocycles. The van der Waals surface area contributed by atoms with E-state index in [1.807, 2.05) is 43.3 Å². The molecule has 2 aromatic rings. The lowest BCUT2D eigenvalue weighted by Crippen LogP contribution is -2.07. The Morgan fingerprint density at radius 3 is 2.35 bits per heavy atom. The molecule has 0 fully saturated rings. The lowest BCUT2D eigenvalue weighted by molar-refractivity contribution is 0.104. The zero-order chi connectivity index (χ0) is 14.5. The maximum atomic E-state index is 12.0. The number of ketones is 1. The molecule has 102 valence electrons. The Balaban J connectivity index is 2.13. The second-order valence-electron chi connectivity index (χ2n) is 4.67. The summed E-state index contributed by atoms with van der Waals surface area (Å²) >= 11 is 0. The molecule has 0 saturated heterocycles. The highest BCUT2D eigenvalue weighted by atomic mass is 16.1. The van der Waals surface area contributed by atoms with Gasteiger partial charge in [0, 0.05) is 32.2 Å². The van der Waals surface area contributed by atoms with Crippen molar-refractivity contribution in [3.8, 4) is 0 Å². The van der Waals surface area contributed by atoms with Crippen molar-refractivity contribution in [3.05, 3.63) is 59.7 Å². The highest BCUT2D eigenvalue weighted by Gasteiger charge is 2.07. The minimum atomic E-state index is -0.132. The fourth-order valence-corrected chi connectivity index (χ4v) is 1.78. The largest absolute Gasteiger partial charge is 0.378 e. The van der Waals surface area contributed by atoms with Gasteiger partial charge in [-0.3, -0.25) is 9.78 Å². The standard InChI is InChI=1S/C16H17N3O/c1-12-16(18-11-10-17-12)15(20)9-6-13-4-7-14(8-5-13)19(2)3/h4-11H,1-3H3/b9-6+. The minimum absolute atomic E-state index is 0.132. The van der Waals surface area contributed by atoms with E-state index in [-0.39, 0.29) is 5.78 Å². The molecule has 1 aromatic heterocycles. The Bertz CT molecular complexity index is 630. The van der Waals surface area contributed by atoms with Crippen molar-refractivity contribution in [2.75, 3.05) is 19.0 Å². The van der Waals surface area contributed by atoms with E-state index in [0.29, 0.717) is 11.4 Å². The van der Waals surface area contributed by atoms with Gasteiger partial charge in [0.2, 0.25) is 5.78 Å². The van der Waals surface area contributed by atoms with Crippen LogP contribution < -0.4 is 4.90 Å². The van der Waals surface area contributed by atoms with E-state index in [0.717, 1.165) is 11.3 Å². The molecule has 2 rings (SSSR count). The number of carbonyl (C=O) groups excluding carboxylic acids is 1. The number of aromatic nitrogens is 2. The molecule has 4 heteroatoms. The number of aryl methyl sites for hydroxylation is 1. The fraction of sp³-hybridized carbons (Fsp3) is 0.188. The molecular weight excluding hydrogens is 250 g/mol. The van der Waals surface area contributed by atoms with Crippen molar-refractivity contribution < 1.29 is 4.79 Å². The van der Waals surface area contributed by atoms with Gasteiger partial charge in [-0.15, -0.1) is 0 Å². The monoisotopic (exact) mass is 267 g/mol. The normalized spacial score (nSPS) is 10.8. The van der Waals surface area contributed by atoms with Crippen LogP contribution in [0.2, 0.25) is 0 Å². The molecule has 0 spiro atoms. The van der Waals surface area contributed by atoms with Crippen molar-refractivity contribution in [1.82, 2.24) is 9.97 Å². The highest BCUT2D eigenvalue weighted by molar-refractivity contribution is 6.06. The second-order valence-corrected chi connectivity index (χ2v) is 4.67. The average molecular weight is 267 g/mol. The molecule has 4 nitrogen and oxygen atoms in total. The lowest BCUT2D eigenvalue weighted by atomic mass is 10.1. The van der Waals surface area contributed by atoms with Gasteiger partial charge in [0.1, 0.15) is 5.69 Å². The molecule has 0 atom stereocenters. The zero-order valence-electron chi connectivity index (χ0n) is 11.9. The number of benzene rings is 1. The van der Waals surface area contributed by atoms with Crippen LogP contribution in [-0.2, 0) is 0 Å². The third kappa shape index (κ3) is 3.29. The van der Waals surface area contributed by atoms with Crippen LogP contribution in [0.4, 0.5) is 5.69 Å². The van der Waals surface area contributed by atoms with Crippen molar-refractivity contribution >= 4 is 17.5 Å². The first kappa shape index (κ1) is 13.9. The van der Waals surface area contributed by atoms with Gasteiger partial charge in [0.15, 0.2) is 0 Å². The molecule has 0 aliphatic rings. The third-order valence-corrected chi connectivity index (χ3v) is 2.95. The van der Waals surface area contributed by atoms with E-state index in [1.54, 1.807) is 19.2 Å². The topological polar surface area (TPSA) is 46.1 Å². The molecule has 0 N–H and O–H groups in total. The Hall–Kier alpha value is -2.49. The van der Waals surface area contributed by atoms with Gasteiger partial charge >= 0.3 is 0 Å². The van der Waals surface area contributed by atoms with Gasteiger partial charge in [-0.05, 0) is 30.7 Å². The van der Waals surface area contributed by atoms with Crippen molar-refractivity contribution in [3.63, 3.8) is 0 Å². The Morgan fingerprint density at radius 2 is 1.75 bits per heavy atom. The Kier molecular flexibility index (Phi) is 4.25. The van der Waals surface area contributed by atoms with E-state index < -0.39 is 0 Å². The van der Waals surface area contributed by atoms with Crippen LogP contribution in [0.15, 0.2) is 42.7 Å². The van der Waals surface area contributed by atoms with Crippen molar-refractivity contribution in [2.24, 2.45) is 0 Å². The molecular formula is C16H17N3O. The second kappa shape index (κ2) is 6.10. The Labute approximate surface area is 118 Å². The smallest absolute Gasteiger partial charge is 0.206 e. The summed E-state index contributed by atoms with van der Waals surface area (Å²) in [6.45, 7) is 1.78. The van der Waals surface area contributed by atoms with Crippen molar-refractivity contribution in [2.45, 2.75) is 6.92 Å². The number of hydrogen-bond donors (Lipinski definition) is 0. The average Bonchev–Trinajstić information content (AvgIpc) is 2.45. The number of carbonyl (C=O) groups is 1. The molecule has 0 aliphatic heterocycles. The minimum Gasteiger partial charge on any atom is -0.378 e. The molecule has 0 radical (unpaired) electrons. The summed E-state index contributed by atoms with van der Waals surface area (Å²) in [5.41, 5.74) is 3.14. The van der Waals surface area contributed by atoms with Crippen LogP contribution in [0.25, 0.3) is 6.08 Å². The zero-order valence-corrected chi connectivity index (χ0v) is 11.9. The lowest BCUT2D eigenvalue weighted by Gasteiger charge is -2.11. The van der Waals surface area contributed by atoms with Crippen LogP contribution >= 0.6 is 0 Å². The summed E-state index contributed by atoms with van der Waals surface area (Å²) in [5, 5.41) is 0. The Morgan fingerprint density at radius 1 is 1.10 bits per heavy atom. The first-order valence-electron chi connectivity index (χ1n) is 6.35. The predicted octanol–water partition coefficient (Wildman–Crippen LogP) is 2.75. The molecule has 1 aromatic carbocycles. The molecule has 0 amide bonds. The van der Waals surface area contributed by atoms with E-state index in [9.17, 15) is 4.79 Å². The van der Waals surface area contributed by atoms with Crippen LogP contribution in [0.3, 0.4) is 0 Å². The first-order chi connectivity index (χ1) is 9.58. The predicted molar refractivity (Wildman–Crippen MR) is 80.9 cm³/mol. The third-order valence-electron chi connectivity index (χ3n) is 2.95. The van der Waals surface area contributed by atoms with Gasteiger partial charge in [0.05, 0.1) is 5.69 Å². The fourth-order valence-electron chi connectivity index (χ4n) is 1.78. The molecule has 0 bridgehead atoms. The summed E-state index contributed by atoms with van der Waals surface area (Å²) in [5.74, 6) is -0.132. The molecule has 20 heavy (non-hydrogen) atoms. The number of allylic oxidation sites excluding steroid dienone is 1. The molecule has 0 aliphatic carbocycles. The van der Waals surface area contributed by atoms with E-state index in [2.05, 4.69) is 9.97 Å². The summed E-state index contributed by atoms with van der Waals surface area (Å²) in [6.07, 6.45) is 6.42. The maximum Gasteiger partial charge on any atom is 0.206 e. The number of nitrogens with zero attached hydrogens (tertiary/aromatic N) is 3. The van der Waals surface area contributed by atoms with E-state index in [4.69, 9.17) is 0 Å². The summed E-state index contributed by atoms with van der Waals surface area (Å²) in [4.78, 5) is 22.2. The van der Waals surface area contributed by atoms with Crippen LogP contribution in [0.1, 0.15) is 21.7 Å².